The highest BCUT2D eigenvalue weighted by atomic mass is 35.5. The molecular weight excluding hydrogens is 298 g/mol. The van der Waals surface area contributed by atoms with Crippen molar-refractivity contribution in [2.24, 2.45) is 0 Å². The van der Waals surface area contributed by atoms with Gasteiger partial charge in [0.2, 0.25) is 0 Å². The molecule has 21 heavy (non-hydrogen) atoms. The van der Waals surface area contributed by atoms with Crippen molar-refractivity contribution >= 4 is 33.2 Å². The summed E-state index contributed by atoms with van der Waals surface area (Å²) in [6.45, 7) is 0. The first-order chi connectivity index (χ1) is 10.3. The number of halogens is 1. The molecule has 0 fully saturated rings. The SMILES string of the molecule is Clc1cccc(CCCCCc2nc3ccccc3s2)c1. The zero-order valence-corrected chi connectivity index (χ0v) is 13.5. The first kappa shape index (κ1) is 14.6. The number of aromatic nitrogens is 1. The van der Waals surface area contributed by atoms with E-state index in [1.54, 1.807) is 0 Å². The first-order valence-electron chi connectivity index (χ1n) is 7.40. The fraction of sp³-hybridized carbons (Fsp3) is 0.278. The van der Waals surface area contributed by atoms with Crippen LogP contribution in [0.25, 0.3) is 10.2 Å². The number of rotatable bonds is 6. The number of fused-ring (bicyclic) bond motifs is 1. The van der Waals surface area contributed by atoms with Crippen molar-refractivity contribution in [1.82, 2.24) is 4.98 Å². The van der Waals surface area contributed by atoms with Gasteiger partial charge in [-0.25, -0.2) is 4.98 Å². The normalized spacial score (nSPS) is 11.1. The Labute approximate surface area is 134 Å². The summed E-state index contributed by atoms with van der Waals surface area (Å²) >= 11 is 7.82. The molecule has 1 aromatic heterocycles. The fourth-order valence-electron chi connectivity index (χ4n) is 2.50. The van der Waals surface area contributed by atoms with Crippen LogP contribution in [-0.2, 0) is 12.8 Å². The molecule has 0 spiro atoms. The monoisotopic (exact) mass is 315 g/mol. The van der Waals surface area contributed by atoms with E-state index in [0.29, 0.717) is 0 Å². The smallest absolute Gasteiger partial charge is 0.0938 e. The highest BCUT2D eigenvalue weighted by Crippen LogP contribution is 2.23. The molecule has 0 atom stereocenters. The largest absolute Gasteiger partial charge is 0.241 e. The van der Waals surface area contributed by atoms with Gasteiger partial charge >= 0.3 is 0 Å². The van der Waals surface area contributed by atoms with Crippen molar-refractivity contribution in [2.45, 2.75) is 32.1 Å². The van der Waals surface area contributed by atoms with Gasteiger partial charge in [-0.3, -0.25) is 0 Å². The third-order valence-corrected chi connectivity index (χ3v) is 4.91. The Hall–Kier alpha value is -1.38. The summed E-state index contributed by atoms with van der Waals surface area (Å²) in [6.07, 6.45) is 5.86. The summed E-state index contributed by atoms with van der Waals surface area (Å²) < 4.78 is 1.30. The van der Waals surface area contributed by atoms with E-state index < -0.39 is 0 Å². The standard InChI is InChI=1S/C18H18ClNS/c19-15-9-6-8-14(13-15)7-2-1-3-12-18-20-16-10-4-5-11-17(16)21-18/h4-6,8-11,13H,1-3,7,12H2. The molecule has 1 nitrogen and oxygen atoms in total. The summed E-state index contributed by atoms with van der Waals surface area (Å²) in [5.74, 6) is 0. The minimum Gasteiger partial charge on any atom is -0.241 e. The Morgan fingerprint density at radius 1 is 0.905 bits per heavy atom. The molecule has 3 aromatic rings. The zero-order chi connectivity index (χ0) is 14.5. The summed E-state index contributed by atoms with van der Waals surface area (Å²) in [5.41, 5.74) is 2.47. The van der Waals surface area contributed by atoms with Crippen molar-refractivity contribution in [1.29, 1.82) is 0 Å². The van der Waals surface area contributed by atoms with Crippen LogP contribution in [0.5, 0.6) is 0 Å². The van der Waals surface area contributed by atoms with Gasteiger partial charge in [0.1, 0.15) is 0 Å². The number of hydrogen-bond donors (Lipinski definition) is 0. The van der Waals surface area contributed by atoms with Crippen LogP contribution >= 0.6 is 22.9 Å². The molecule has 0 amide bonds. The average molecular weight is 316 g/mol. The van der Waals surface area contributed by atoms with Gasteiger partial charge in [-0.15, -0.1) is 11.3 Å². The number of unbranched alkanes of at least 4 members (excludes halogenated alkanes) is 2. The van der Waals surface area contributed by atoms with Crippen molar-refractivity contribution < 1.29 is 0 Å². The van der Waals surface area contributed by atoms with Crippen LogP contribution in [0.4, 0.5) is 0 Å². The molecule has 1 heterocycles. The van der Waals surface area contributed by atoms with Crippen LogP contribution in [0, 0.1) is 0 Å². The first-order valence-corrected chi connectivity index (χ1v) is 8.59. The molecule has 0 saturated heterocycles. The van der Waals surface area contributed by atoms with E-state index in [0.717, 1.165) is 23.4 Å². The van der Waals surface area contributed by atoms with Crippen LogP contribution in [0.1, 0.15) is 29.8 Å². The molecule has 0 aliphatic heterocycles. The van der Waals surface area contributed by atoms with E-state index >= 15 is 0 Å². The molecule has 0 aliphatic carbocycles. The molecule has 3 heteroatoms. The van der Waals surface area contributed by atoms with Crippen molar-refractivity contribution in [2.75, 3.05) is 0 Å². The van der Waals surface area contributed by atoms with Gasteiger partial charge in [-0.2, -0.15) is 0 Å². The van der Waals surface area contributed by atoms with Gasteiger partial charge in [0.05, 0.1) is 15.2 Å². The Kier molecular flexibility index (Phi) is 4.89. The number of benzene rings is 2. The predicted octanol–water partition coefficient (Wildman–Crippen LogP) is 5.91. The van der Waals surface area contributed by atoms with E-state index in [-0.39, 0.29) is 0 Å². The highest BCUT2D eigenvalue weighted by molar-refractivity contribution is 7.18. The summed E-state index contributed by atoms with van der Waals surface area (Å²) in [4.78, 5) is 4.68. The van der Waals surface area contributed by atoms with Gasteiger partial charge < -0.3 is 0 Å². The molecule has 108 valence electrons. The van der Waals surface area contributed by atoms with Gasteiger partial charge in [0, 0.05) is 5.02 Å². The number of nitrogens with zero attached hydrogens (tertiary/aromatic N) is 1. The van der Waals surface area contributed by atoms with Crippen LogP contribution in [0.15, 0.2) is 48.5 Å². The molecule has 2 aromatic carbocycles. The van der Waals surface area contributed by atoms with Gasteiger partial charge in [-0.1, -0.05) is 42.3 Å². The lowest BCUT2D eigenvalue weighted by molar-refractivity contribution is 0.677. The van der Waals surface area contributed by atoms with E-state index in [9.17, 15) is 0 Å². The van der Waals surface area contributed by atoms with Crippen molar-refractivity contribution in [3.8, 4) is 0 Å². The molecule has 0 N–H and O–H groups in total. The lowest BCUT2D eigenvalue weighted by atomic mass is 10.1. The highest BCUT2D eigenvalue weighted by Gasteiger charge is 2.02. The van der Waals surface area contributed by atoms with Gasteiger partial charge in [-0.05, 0) is 55.5 Å². The van der Waals surface area contributed by atoms with E-state index in [4.69, 9.17) is 11.6 Å². The average Bonchev–Trinajstić information content (AvgIpc) is 2.89. The minimum atomic E-state index is 0.835. The Morgan fingerprint density at radius 3 is 2.62 bits per heavy atom. The van der Waals surface area contributed by atoms with Gasteiger partial charge in [0.15, 0.2) is 0 Å². The predicted molar refractivity (Wildman–Crippen MR) is 92.3 cm³/mol. The maximum Gasteiger partial charge on any atom is 0.0938 e. The molecule has 0 saturated carbocycles. The third kappa shape index (κ3) is 4.05. The van der Waals surface area contributed by atoms with Gasteiger partial charge in [0.25, 0.3) is 0 Å². The topological polar surface area (TPSA) is 12.9 Å². The van der Waals surface area contributed by atoms with E-state index in [1.807, 2.05) is 23.5 Å². The molecule has 0 aliphatic rings. The maximum atomic E-state index is 6.00. The summed E-state index contributed by atoms with van der Waals surface area (Å²) in [7, 11) is 0. The lowest BCUT2D eigenvalue weighted by Gasteiger charge is -2.01. The zero-order valence-electron chi connectivity index (χ0n) is 11.9. The lowest BCUT2D eigenvalue weighted by Crippen LogP contribution is -1.88. The minimum absolute atomic E-state index is 0.835. The number of hydrogen-bond acceptors (Lipinski definition) is 2. The van der Waals surface area contributed by atoms with Crippen LogP contribution in [-0.4, -0.2) is 4.98 Å². The second kappa shape index (κ2) is 7.06. The number of aryl methyl sites for hydroxylation is 2. The molecule has 0 bridgehead atoms. The Balaban J connectivity index is 1.44. The fourth-order valence-corrected chi connectivity index (χ4v) is 3.72. The second-order valence-corrected chi connectivity index (χ2v) is 6.82. The summed E-state index contributed by atoms with van der Waals surface area (Å²) in [6, 6.07) is 16.5. The van der Waals surface area contributed by atoms with Crippen LogP contribution in [0.3, 0.4) is 0 Å². The molecular formula is C18H18ClNS. The molecule has 3 rings (SSSR count). The third-order valence-electron chi connectivity index (χ3n) is 3.58. The quantitative estimate of drug-likeness (QED) is 0.516. The van der Waals surface area contributed by atoms with Crippen LogP contribution < -0.4 is 0 Å². The maximum absolute atomic E-state index is 6.00. The van der Waals surface area contributed by atoms with E-state index in [2.05, 4.69) is 41.4 Å². The molecule has 0 unspecified atom stereocenters. The summed E-state index contributed by atoms with van der Waals surface area (Å²) in [5, 5.41) is 2.10. The number of para-hydroxylation sites is 1. The van der Waals surface area contributed by atoms with E-state index in [1.165, 1.54) is 34.5 Å². The Bertz CT molecular complexity index is 687. The van der Waals surface area contributed by atoms with Crippen LogP contribution in [0.2, 0.25) is 5.02 Å². The molecule has 0 radical (unpaired) electrons. The Morgan fingerprint density at radius 2 is 1.76 bits per heavy atom. The number of thiazole rings is 1. The van der Waals surface area contributed by atoms with Crippen molar-refractivity contribution in [3.63, 3.8) is 0 Å². The van der Waals surface area contributed by atoms with Crippen molar-refractivity contribution in [3.05, 3.63) is 64.1 Å². The second-order valence-electron chi connectivity index (χ2n) is 5.27.